The Morgan fingerprint density at radius 1 is 0.662 bits per heavy atom. The molecule has 2 fully saturated rings. The monoisotopic (exact) mass is 1120 g/mol. The number of carboxylic acids is 2. The molecule has 16 nitrogen and oxygen atoms in total. The zero-order valence-corrected chi connectivity index (χ0v) is 45.0. The molecule has 8 heterocycles. The Balaban J connectivity index is 0.000000169. The molecule has 8 aromatic rings. The molecule has 0 bridgehead atoms. The summed E-state index contributed by atoms with van der Waals surface area (Å²) in [5.74, 6) is 0.408. The van der Waals surface area contributed by atoms with Gasteiger partial charge in [-0.3, -0.25) is 9.80 Å². The van der Waals surface area contributed by atoms with Gasteiger partial charge in [-0.1, -0.05) is 48.6 Å². The van der Waals surface area contributed by atoms with Gasteiger partial charge in [0.2, 0.25) is 0 Å². The van der Waals surface area contributed by atoms with Crippen molar-refractivity contribution in [1.29, 1.82) is 10.5 Å². The topological polar surface area (TPSA) is 201 Å². The van der Waals surface area contributed by atoms with Crippen molar-refractivity contribution >= 4 is 66.5 Å². The first kappa shape index (κ1) is 53.9. The summed E-state index contributed by atoms with van der Waals surface area (Å²) in [6.07, 6.45) is 8.43. The highest BCUT2D eigenvalue weighted by atomic mass is 32.1. The number of benzene rings is 4. The lowest BCUT2D eigenvalue weighted by molar-refractivity contribution is -0.0592. The molecule has 4 aromatic carbocycles. The average molecular weight is 1120 g/mol. The lowest BCUT2D eigenvalue weighted by Crippen LogP contribution is -2.33. The number of nitrogens with zero attached hydrogens (tertiary/aromatic N) is 8. The van der Waals surface area contributed by atoms with Crippen LogP contribution in [0, 0.1) is 34.3 Å². The van der Waals surface area contributed by atoms with Crippen LogP contribution in [0.2, 0.25) is 0 Å². The van der Waals surface area contributed by atoms with Crippen LogP contribution in [0.15, 0.2) is 109 Å². The van der Waals surface area contributed by atoms with Crippen LogP contribution in [0.3, 0.4) is 0 Å². The van der Waals surface area contributed by atoms with Crippen LogP contribution in [-0.4, -0.2) is 103 Å². The zero-order chi connectivity index (χ0) is 55.3. The lowest BCUT2D eigenvalue weighted by Gasteiger charge is -2.29. The molecule has 0 amide bonds. The van der Waals surface area contributed by atoms with Gasteiger partial charge in [-0.2, -0.15) is 10.5 Å². The molecule has 4 aromatic heterocycles. The van der Waals surface area contributed by atoms with Gasteiger partial charge in [-0.25, -0.2) is 28.3 Å². The highest BCUT2D eigenvalue weighted by Gasteiger charge is 2.28. The van der Waals surface area contributed by atoms with Crippen molar-refractivity contribution in [2.45, 2.75) is 77.3 Å². The lowest BCUT2D eigenvalue weighted by atomic mass is 9.99. The second kappa shape index (κ2) is 24.1. The molecule has 4 aliphatic heterocycles. The number of ether oxygens (including phenoxy) is 4. The summed E-state index contributed by atoms with van der Waals surface area (Å²) in [6, 6.07) is 31.6. The third-order valence-electron chi connectivity index (χ3n) is 14.7. The number of imidazole rings is 2. The minimum atomic E-state index is -0.930. The van der Waals surface area contributed by atoms with E-state index in [4.69, 9.17) is 39.4 Å². The highest BCUT2D eigenvalue weighted by Crippen LogP contribution is 2.34. The smallest absolute Gasteiger partial charge is 0.346 e. The minimum absolute atomic E-state index is 0.0811. The molecule has 0 radical (unpaired) electrons. The van der Waals surface area contributed by atoms with E-state index < -0.39 is 23.6 Å². The number of halogens is 2. The molecule has 80 heavy (non-hydrogen) atoms. The SMILES string of the molecule is N#Cc1ccc(COc2cccc(C3=CCN(Cc4nc5cc(C(=O)O)sc5n4C[C@@H]4CCO4)CC3)c2)c(F)c1.N#Cc1ccc(COc2cccc(C3=CCN(Cc4nc5sc(C(=O)O)cc5n4C[C@@H]4CCO4)CC3)c2)c(F)c1. The zero-order valence-electron chi connectivity index (χ0n) is 43.4. The fourth-order valence-electron chi connectivity index (χ4n) is 10.0. The number of hydrogen-bond donors (Lipinski definition) is 2. The summed E-state index contributed by atoms with van der Waals surface area (Å²) < 4.78 is 55.7. The molecular formula is C60H54F2N8O8S2. The van der Waals surface area contributed by atoms with Crippen LogP contribution in [-0.2, 0) is 48.9 Å². The fraction of sp³-hybridized carbons (Fsp3) is 0.300. The largest absolute Gasteiger partial charge is 0.489 e. The molecule has 2 saturated heterocycles. The Labute approximate surface area is 467 Å². The van der Waals surface area contributed by atoms with Gasteiger partial charge in [0.25, 0.3) is 0 Å². The number of fused-ring (bicyclic) bond motifs is 2. The molecule has 2 atom stereocenters. The van der Waals surface area contributed by atoms with Crippen molar-refractivity contribution in [3.63, 3.8) is 0 Å². The average Bonchev–Trinajstić information content (AvgIpc) is 4.22. The van der Waals surface area contributed by atoms with Crippen molar-refractivity contribution in [1.82, 2.24) is 28.9 Å². The summed E-state index contributed by atoms with van der Waals surface area (Å²) in [5.41, 5.74) is 7.55. The van der Waals surface area contributed by atoms with Gasteiger partial charge in [0.15, 0.2) is 0 Å². The van der Waals surface area contributed by atoms with Gasteiger partial charge in [-0.05, 0) is 109 Å². The van der Waals surface area contributed by atoms with Gasteiger partial charge < -0.3 is 38.3 Å². The molecule has 20 heteroatoms. The molecule has 12 rings (SSSR count). The van der Waals surface area contributed by atoms with Crippen LogP contribution in [0.5, 0.6) is 11.5 Å². The van der Waals surface area contributed by atoms with Gasteiger partial charge in [-0.15, -0.1) is 22.7 Å². The number of carboxylic acid groups (broad SMARTS) is 2. The number of carbonyl (C=O) groups is 2. The molecule has 0 spiro atoms. The van der Waals surface area contributed by atoms with E-state index in [9.17, 15) is 28.6 Å². The van der Waals surface area contributed by atoms with E-state index >= 15 is 0 Å². The van der Waals surface area contributed by atoms with E-state index in [0.717, 1.165) is 109 Å². The summed E-state index contributed by atoms with van der Waals surface area (Å²) in [5, 5.41) is 36.7. The number of hydrogen-bond acceptors (Lipinski definition) is 14. The first-order valence-corrected chi connectivity index (χ1v) is 27.9. The number of rotatable bonds is 18. The van der Waals surface area contributed by atoms with Crippen LogP contribution in [0.1, 0.15) is 90.1 Å². The van der Waals surface area contributed by atoms with Crippen molar-refractivity contribution in [2.75, 3.05) is 39.4 Å². The summed E-state index contributed by atoms with van der Waals surface area (Å²) in [7, 11) is 0. The van der Waals surface area contributed by atoms with Crippen molar-refractivity contribution in [3.05, 3.63) is 176 Å². The van der Waals surface area contributed by atoms with E-state index in [1.165, 1.54) is 46.0 Å². The third kappa shape index (κ3) is 12.4. The molecule has 0 aliphatic carbocycles. The van der Waals surface area contributed by atoms with Gasteiger partial charge in [0.1, 0.15) is 72.9 Å². The number of thiophene rings is 2. The van der Waals surface area contributed by atoms with E-state index in [-0.39, 0.29) is 36.5 Å². The molecule has 4 aliphatic rings. The van der Waals surface area contributed by atoms with E-state index in [2.05, 4.69) is 43.2 Å². The van der Waals surface area contributed by atoms with Gasteiger partial charge >= 0.3 is 11.9 Å². The molecule has 0 saturated carbocycles. The summed E-state index contributed by atoms with van der Waals surface area (Å²) >= 11 is 2.48. The van der Waals surface area contributed by atoms with Crippen LogP contribution < -0.4 is 9.47 Å². The fourth-order valence-corrected chi connectivity index (χ4v) is 11.9. The van der Waals surface area contributed by atoms with E-state index in [0.29, 0.717) is 58.6 Å². The maximum Gasteiger partial charge on any atom is 0.346 e. The normalized spacial score (nSPS) is 17.3. The maximum absolute atomic E-state index is 14.2. The van der Waals surface area contributed by atoms with Crippen LogP contribution in [0.4, 0.5) is 8.78 Å². The van der Waals surface area contributed by atoms with E-state index in [1.807, 2.05) is 48.5 Å². The summed E-state index contributed by atoms with van der Waals surface area (Å²) in [4.78, 5) is 39.5. The Bertz CT molecular complexity index is 3540. The number of aromatic carboxylic acids is 2. The molecule has 0 unspecified atom stereocenters. The number of aromatic nitrogens is 4. The predicted molar refractivity (Wildman–Crippen MR) is 297 cm³/mol. The molecular weight excluding hydrogens is 1060 g/mol. The predicted octanol–water partition coefficient (Wildman–Crippen LogP) is 10.9. The van der Waals surface area contributed by atoms with Gasteiger partial charge in [0, 0.05) is 50.5 Å². The highest BCUT2D eigenvalue weighted by molar-refractivity contribution is 7.20. The summed E-state index contributed by atoms with van der Waals surface area (Å²) in [6.45, 7) is 7.61. The second-order valence-corrected chi connectivity index (χ2v) is 22.0. The van der Waals surface area contributed by atoms with E-state index in [1.54, 1.807) is 36.4 Å². The Morgan fingerprint density at radius 2 is 1.18 bits per heavy atom. The standard InChI is InChI=1S/2C30H27FN4O4S/c31-25-12-19(15-32)4-5-22(25)18-39-23-3-1-2-21(13-23)20-6-9-34(10-7-20)17-28-33-29-26(14-27(40-29)30(36)37)35(28)16-24-8-11-38-24;31-25-12-19(15-32)4-5-22(25)18-39-23-3-1-2-21(13-23)20-6-9-34(10-7-20)17-28-33-26-14-27(30(36)37)40-29(26)35(28)16-24-8-11-38-24/h2*1-6,12-14,24H,7-11,16-18H2,(H,36,37)/t2*24-/m00/s1. The van der Waals surface area contributed by atoms with Crippen molar-refractivity contribution < 1.29 is 47.5 Å². The van der Waals surface area contributed by atoms with Crippen LogP contribution in [0.25, 0.3) is 31.8 Å². The first-order valence-electron chi connectivity index (χ1n) is 26.3. The molecule has 408 valence electrons. The van der Waals surface area contributed by atoms with Crippen LogP contribution >= 0.6 is 22.7 Å². The Kier molecular flexibility index (Phi) is 16.2. The Morgan fingerprint density at radius 3 is 1.64 bits per heavy atom. The first-order chi connectivity index (χ1) is 38.9. The quantitative estimate of drug-likeness (QED) is 0.0822. The molecule has 2 N–H and O–H groups in total. The number of nitriles is 2. The minimum Gasteiger partial charge on any atom is -0.489 e. The maximum atomic E-state index is 14.2. The van der Waals surface area contributed by atoms with Crippen molar-refractivity contribution in [3.8, 4) is 23.6 Å². The van der Waals surface area contributed by atoms with Gasteiger partial charge in [0.05, 0.1) is 67.2 Å². The van der Waals surface area contributed by atoms with Crippen molar-refractivity contribution in [2.24, 2.45) is 0 Å². The third-order valence-corrected chi connectivity index (χ3v) is 16.8. The Hall–Kier alpha value is -8.08. The second-order valence-electron chi connectivity index (χ2n) is 20.0.